The van der Waals surface area contributed by atoms with Gasteiger partial charge in [-0.1, -0.05) is 6.92 Å². The molecule has 0 unspecified atom stereocenters. The van der Waals surface area contributed by atoms with Crippen LogP contribution in [-0.4, -0.2) is 49.3 Å². The molecule has 1 aliphatic heterocycles. The van der Waals surface area contributed by atoms with E-state index in [0.717, 1.165) is 18.6 Å². The summed E-state index contributed by atoms with van der Waals surface area (Å²) in [4.78, 5) is 2.66. The molecule has 1 aliphatic rings. The minimum atomic E-state index is 0.758. The minimum Gasteiger partial charge on any atom is -0.385 e. The normalized spacial score (nSPS) is 21.2. The number of hydrogen-bond acceptors (Lipinski definition) is 3. The Morgan fingerprint density at radius 1 is 1.38 bits per heavy atom. The number of hydrogen-bond donors (Lipinski definition) is 0. The van der Waals surface area contributed by atoms with Crippen LogP contribution in [0.4, 0.5) is 0 Å². The molecule has 0 spiro atoms. The quantitative estimate of drug-likeness (QED) is 0.684. The summed E-state index contributed by atoms with van der Waals surface area (Å²) in [6.45, 7) is 8.14. The van der Waals surface area contributed by atoms with Gasteiger partial charge < -0.3 is 4.74 Å². The van der Waals surface area contributed by atoms with Gasteiger partial charge in [-0.25, -0.2) is 0 Å². The van der Waals surface area contributed by atoms with Crippen molar-refractivity contribution in [2.24, 2.45) is 5.92 Å². The van der Waals surface area contributed by atoms with Crippen molar-refractivity contribution in [2.45, 2.75) is 39.2 Å². The first kappa shape index (κ1) is 14.3. The molecule has 0 radical (unpaired) electrons. The monoisotopic (exact) mass is 245 g/mol. The number of piperidine rings is 1. The number of rotatable bonds is 7. The Morgan fingerprint density at radius 3 is 2.62 bits per heavy atom. The summed E-state index contributed by atoms with van der Waals surface area (Å²) < 4.78 is 5.16. The van der Waals surface area contributed by atoms with Gasteiger partial charge in [-0.05, 0) is 50.9 Å². The lowest BCUT2D eigenvalue weighted by Gasteiger charge is -2.36. The van der Waals surface area contributed by atoms with Gasteiger partial charge in [0.2, 0.25) is 0 Å². The standard InChI is InChI=1S/C13H27NOS/c1-4-16-11-12(2)14-8-5-13(6-9-14)7-10-15-3/h12-13H,4-11H2,1-3H3/t12-/m0/s1. The third-order valence-electron chi connectivity index (χ3n) is 3.57. The smallest absolute Gasteiger partial charge is 0.0464 e. The summed E-state index contributed by atoms with van der Waals surface area (Å²) in [5.41, 5.74) is 0. The molecule has 0 aliphatic carbocycles. The number of thioether (sulfide) groups is 1. The first-order valence-electron chi connectivity index (χ1n) is 6.58. The van der Waals surface area contributed by atoms with E-state index in [4.69, 9.17) is 4.74 Å². The largest absolute Gasteiger partial charge is 0.385 e. The predicted octanol–water partition coefficient (Wildman–Crippen LogP) is 2.88. The van der Waals surface area contributed by atoms with Gasteiger partial charge in [-0.15, -0.1) is 0 Å². The molecule has 0 aromatic carbocycles. The molecule has 1 atom stereocenters. The Bertz CT molecular complexity index is 169. The summed E-state index contributed by atoms with van der Waals surface area (Å²) in [7, 11) is 1.80. The summed E-state index contributed by atoms with van der Waals surface area (Å²) in [6, 6.07) is 0.758. The van der Waals surface area contributed by atoms with Crippen LogP contribution < -0.4 is 0 Å². The Hall–Kier alpha value is 0.270. The molecule has 0 saturated carbocycles. The zero-order valence-electron chi connectivity index (χ0n) is 11.1. The number of ether oxygens (including phenoxy) is 1. The molecule has 0 bridgehead atoms. The highest BCUT2D eigenvalue weighted by atomic mass is 32.2. The zero-order chi connectivity index (χ0) is 11.8. The van der Waals surface area contributed by atoms with E-state index in [1.54, 1.807) is 7.11 Å². The summed E-state index contributed by atoms with van der Waals surface area (Å²) in [6.07, 6.45) is 3.98. The molecule has 2 nitrogen and oxygen atoms in total. The van der Waals surface area contributed by atoms with Gasteiger partial charge in [0.05, 0.1) is 0 Å². The molecule has 0 aromatic heterocycles. The van der Waals surface area contributed by atoms with Gasteiger partial charge >= 0.3 is 0 Å². The van der Waals surface area contributed by atoms with Crippen LogP contribution in [0.3, 0.4) is 0 Å². The van der Waals surface area contributed by atoms with E-state index in [-0.39, 0.29) is 0 Å². The van der Waals surface area contributed by atoms with Crippen LogP contribution >= 0.6 is 11.8 Å². The zero-order valence-corrected chi connectivity index (χ0v) is 11.9. The SMILES string of the molecule is CCSC[C@H](C)N1CCC(CCOC)CC1. The Labute approximate surface area is 105 Å². The summed E-state index contributed by atoms with van der Waals surface area (Å²) in [5, 5.41) is 0. The first-order chi connectivity index (χ1) is 7.77. The maximum Gasteiger partial charge on any atom is 0.0464 e. The molecule has 3 heteroatoms. The fraction of sp³-hybridized carbons (Fsp3) is 1.00. The van der Waals surface area contributed by atoms with Crippen molar-refractivity contribution >= 4 is 11.8 Å². The second-order valence-corrected chi connectivity index (χ2v) is 6.09. The van der Waals surface area contributed by atoms with Crippen molar-refractivity contribution in [2.75, 3.05) is 38.3 Å². The molecule has 96 valence electrons. The van der Waals surface area contributed by atoms with E-state index >= 15 is 0 Å². The third kappa shape index (κ3) is 5.07. The van der Waals surface area contributed by atoms with E-state index in [1.807, 2.05) is 0 Å². The van der Waals surface area contributed by atoms with Crippen molar-refractivity contribution in [3.8, 4) is 0 Å². The molecular weight excluding hydrogens is 218 g/mol. The lowest BCUT2D eigenvalue weighted by atomic mass is 9.93. The van der Waals surface area contributed by atoms with Gasteiger partial charge in [0.15, 0.2) is 0 Å². The first-order valence-corrected chi connectivity index (χ1v) is 7.74. The molecule has 0 N–H and O–H groups in total. The number of likely N-dealkylation sites (tertiary alicyclic amines) is 1. The maximum absolute atomic E-state index is 5.16. The molecule has 16 heavy (non-hydrogen) atoms. The lowest BCUT2D eigenvalue weighted by molar-refractivity contribution is 0.120. The van der Waals surface area contributed by atoms with E-state index < -0.39 is 0 Å². The molecule has 1 heterocycles. The molecular formula is C13H27NOS. The minimum absolute atomic E-state index is 0.758. The Morgan fingerprint density at radius 2 is 2.06 bits per heavy atom. The Balaban J connectivity index is 2.15. The van der Waals surface area contributed by atoms with E-state index in [2.05, 4.69) is 30.5 Å². The average Bonchev–Trinajstić information content (AvgIpc) is 2.34. The number of nitrogens with zero attached hydrogens (tertiary/aromatic N) is 1. The second-order valence-electron chi connectivity index (χ2n) is 4.77. The van der Waals surface area contributed by atoms with Crippen LogP contribution in [-0.2, 0) is 4.74 Å². The topological polar surface area (TPSA) is 12.5 Å². The summed E-state index contributed by atoms with van der Waals surface area (Å²) >= 11 is 2.06. The lowest BCUT2D eigenvalue weighted by Crippen LogP contribution is -2.41. The van der Waals surface area contributed by atoms with Gasteiger partial charge in [0.1, 0.15) is 0 Å². The highest BCUT2D eigenvalue weighted by Crippen LogP contribution is 2.22. The van der Waals surface area contributed by atoms with Crippen LogP contribution in [0.5, 0.6) is 0 Å². The number of methoxy groups -OCH3 is 1. The second kappa shape index (κ2) is 8.37. The summed E-state index contributed by atoms with van der Waals surface area (Å²) in [5.74, 6) is 3.44. The average molecular weight is 245 g/mol. The van der Waals surface area contributed by atoms with Gasteiger partial charge in [-0.3, -0.25) is 4.90 Å². The molecule has 1 fully saturated rings. The molecule has 0 amide bonds. The fourth-order valence-electron chi connectivity index (χ4n) is 2.36. The van der Waals surface area contributed by atoms with Crippen molar-refractivity contribution in [3.05, 3.63) is 0 Å². The predicted molar refractivity (Wildman–Crippen MR) is 73.3 cm³/mol. The van der Waals surface area contributed by atoms with E-state index in [1.165, 1.54) is 43.9 Å². The van der Waals surface area contributed by atoms with E-state index in [0.29, 0.717) is 0 Å². The van der Waals surface area contributed by atoms with Crippen LogP contribution in [0.2, 0.25) is 0 Å². The van der Waals surface area contributed by atoms with Crippen molar-refractivity contribution < 1.29 is 4.74 Å². The highest BCUT2D eigenvalue weighted by molar-refractivity contribution is 7.99. The third-order valence-corrected chi connectivity index (χ3v) is 4.69. The van der Waals surface area contributed by atoms with Crippen molar-refractivity contribution in [1.82, 2.24) is 4.90 Å². The van der Waals surface area contributed by atoms with Gasteiger partial charge in [-0.2, -0.15) is 11.8 Å². The maximum atomic E-state index is 5.16. The van der Waals surface area contributed by atoms with Crippen LogP contribution in [0.25, 0.3) is 0 Å². The van der Waals surface area contributed by atoms with Gasteiger partial charge in [0, 0.05) is 25.5 Å². The molecule has 0 aromatic rings. The molecule has 1 rings (SSSR count). The highest BCUT2D eigenvalue weighted by Gasteiger charge is 2.22. The van der Waals surface area contributed by atoms with Crippen LogP contribution in [0.1, 0.15) is 33.1 Å². The van der Waals surface area contributed by atoms with Crippen molar-refractivity contribution in [1.29, 1.82) is 0 Å². The van der Waals surface area contributed by atoms with Crippen LogP contribution in [0.15, 0.2) is 0 Å². The Kier molecular flexibility index (Phi) is 7.50. The fourth-order valence-corrected chi connectivity index (χ4v) is 3.15. The van der Waals surface area contributed by atoms with E-state index in [9.17, 15) is 0 Å². The van der Waals surface area contributed by atoms with Crippen molar-refractivity contribution in [3.63, 3.8) is 0 Å². The van der Waals surface area contributed by atoms with Gasteiger partial charge in [0.25, 0.3) is 0 Å². The molecule has 1 saturated heterocycles. The van der Waals surface area contributed by atoms with Crippen LogP contribution in [0, 0.1) is 5.92 Å².